The van der Waals surface area contributed by atoms with Crippen molar-refractivity contribution in [1.29, 1.82) is 0 Å². The van der Waals surface area contributed by atoms with Gasteiger partial charge in [0.1, 0.15) is 5.75 Å². The van der Waals surface area contributed by atoms with Crippen LogP contribution >= 0.6 is 38.9 Å². The van der Waals surface area contributed by atoms with Crippen LogP contribution < -0.4 is 4.74 Å². The number of rotatable bonds is 3. The molecule has 1 heterocycles. The molecule has 0 amide bonds. The molecule has 1 aliphatic carbocycles. The van der Waals surface area contributed by atoms with Gasteiger partial charge in [0, 0.05) is 9.75 Å². The van der Waals surface area contributed by atoms with Crippen molar-refractivity contribution in [3.8, 4) is 5.75 Å². The molecule has 0 fully saturated rings. The summed E-state index contributed by atoms with van der Waals surface area (Å²) in [6, 6.07) is 8.31. The second-order valence-corrected chi connectivity index (χ2v) is 7.17. The Morgan fingerprint density at radius 1 is 1.32 bits per heavy atom. The van der Waals surface area contributed by atoms with E-state index in [0.29, 0.717) is 0 Å². The fourth-order valence-electron chi connectivity index (χ4n) is 2.48. The van der Waals surface area contributed by atoms with E-state index in [-0.39, 0.29) is 5.38 Å². The number of fused-ring (bicyclic) bond motifs is 1. The van der Waals surface area contributed by atoms with Crippen LogP contribution in [0.15, 0.2) is 28.7 Å². The molecule has 0 radical (unpaired) electrons. The van der Waals surface area contributed by atoms with Crippen molar-refractivity contribution in [2.75, 3.05) is 7.11 Å². The van der Waals surface area contributed by atoms with Gasteiger partial charge >= 0.3 is 0 Å². The minimum Gasteiger partial charge on any atom is -0.496 e. The number of aryl methyl sites for hydroxylation is 2. The van der Waals surface area contributed by atoms with Gasteiger partial charge in [-0.3, -0.25) is 0 Å². The Hall–Kier alpha value is -0.510. The second-order valence-electron chi connectivity index (χ2n) is 4.71. The molecule has 1 atom stereocenters. The highest BCUT2D eigenvalue weighted by molar-refractivity contribution is 9.10. The number of hydrogen-bond donors (Lipinski definition) is 0. The molecule has 3 rings (SSSR count). The number of thiophene rings is 1. The largest absolute Gasteiger partial charge is 0.496 e. The van der Waals surface area contributed by atoms with Gasteiger partial charge in [0.25, 0.3) is 0 Å². The zero-order chi connectivity index (χ0) is 13.4. The topological polar surface area (TPSA) is 9.23 Å². The molecule has 19 heavy (non-hydrogen) atoms. The number of benzene rings is 1. The maximum atomic E-state index is 6.61. The molecule has 0 N–H and O–H groups in total. The summed E-state index contributed by atoms with van der Waals surface area (Å²) in [5.41, 5.74) is 2.60. The third-order valence-corrected chi connectivity index (χ3v) is 6.02. The van der Waals surface area contributed by atoms with Gasteiger partial charge in [0.2, 0.25) is 0 Å². The summed E-state index contributed by atoms with van der Waals surface area (Å²) in [7, 11) is 1.67. The molecule has 1 aliphatic rings. The average molecular weight is 358 g/mol. The first-order valence-corrected chi connectivity index (χ1v) is 8.32. The maximum absolute atomic E-state index is 6.61. The second kappa shape index (κ2) is 5.47. The lowest BCUT2D eigenvalue weighted by molar-refractivity contribution is 0.412. The number of ether oxygens (including phenoxy) is 1. The summed E-state index contributed by atoms with van der Waals surface area (Å²) in [5, 5.41) is -0.0715. The van der Waals surface area contributed by atoms with Gasteiger partial charge in [-0.05, 0) is 64.5 Å². The van der Waals surface area contributed by atoms with Crippen molar-refractivity contribution in [1.82, 2.24) is 0 Å². The quantitative estimate of drug-likeness (QED) is 0.674. The third-order valence-electron chi connectivity index (χ3n) is 3.48. The third kappa shape index (κ3) is 2.56. The van der Waals surface area contributed by atoms with Crippen LogP contribution in [0.5, 0.6) is 5.75 Å². The minimum atomic E-state index is -0.0715. The van der Waals surface area contributed by atoms with Crippen molar-refractivity contribution in [3.63, 3.8) is 0 Å². The van der Waals surface area contributed by atoms with Gasteiger partial charge in [-0.1, -0.05) is 6.07 Å². The van der Waals surface area contributed by atoms with E-state index < -0.39 is 0 Å². The summed E-state index contributed by atoms with van der Waals surface area (Å²) in [4.78, 5) is 2.77. The lowest BCUT2D eigenvalue weighted by Gasteiger charge is -2.10. The smallest absolute Gasteiger partial charge is 0.133 e. The van der Waals surface area contributed by atoms with E-state index in [0.717, 1.165) is 15.8 Å². The lowest BCUT2D eigenvalue weighted by Crippen LogP contribution is -1.92. The lowest BCUT2D eigenvalue weighted by atomic mass is 10.1. The SMILES string of the molecule is COc1ccc(C(Cl)c2cc3c(s2)CCC3)cc1Br. The highest BCUT2D eigenvalue weighted by Crippen LogP contribution is 2.40. The van der Waals surface area contributed by atoms with E-state index in [9.17, 15) is 0 Å². The number of hydrogen-bond acceptors (Lipinski definition) is 2. The van der Waals surface area contributed by atoms with Gasteiger partial charge in [-0.2, -0.15) is 0 Å². The molecule has 0 spiro atoms. The zero-order valence-electron chi connectivity index (χ0n) is 10.6. The van der Waals surface area contributed by atoms with Gasteiger partial charge in [-0.25, -0.2) is 0 Å². The Labute approximate surface area is 130 Å². The Bertz CT molecular complexity index is 587. The monoisotopic (exact) mass is 356 g/mol. The highest BCUT2D eigenvalue weighted by atomic mass is 79.9. The molecule has 0 aliphatic heterocycles. The summed E-state index contributed by atoms with van der Waals surface area (Å²) >= 11 is 12.0. The molecule has 4 heteroatoms. The van der Waals surface area contributed by atoms with Crippen molar-refractivity contribution in [3.05, 3.63) is 49.6 Å². The predicted molar refractivity (Wildman–Crippen MR) is 84.7 cm³/mol. The molecule has 1 aromatic carbocycles. The minimum absolute atomic E-state index is 0.0715. The standard InChI is InChI=1S/C15H14BrClOS/c1-18-12-6-5-10(7-11(12)16)15(17)14-8-9-3-2-4-13(9)19-14/h5-8,15H,2-4H2,1H3. The summed E-state index contributed by atoms with van der Waals surface area (Å²) in [5.74, 6) is 0.835. The van der Waals surface area contributed by atoms with Crippen molar-refractivity contribution in [2.24, 2.45) is 0 Å². The van der Waals surface area contributed by atoms with Crippen LogP contribution in [-0.2, 0) is 12.8 Å². The van der Waals surface area contributed by atoms with Crippen molar-refractivity contribution >= 4 is 38.9 Å². The summed E-state index contributed by atoms with van der Waals surface area (Å²) < 4.78 is 6.19. The maximum Gasteiger partial charge on any atom is 0.133 e. The average Bonchev–Trinajstić information content (AvgIpc) is 2.98. The molecule has 1 unspecified atom stereocenters. The van der Waals surface area contributed by atoms with E-state index in [1.807, 2.05) is 29.5 Å². The van der Waals surface area contributed by atoms with Gasteiger partial charge in [-0.15, -0.1) is 22.9 Å². The molecule has 1 aromatic heterocycles. The first-order chi connectivity index (χ1) is 9.19. The number of alkyl halides is 1. The van der Waals surface area contributed by atoms with Crippen LogP contribution in [-0.4, -0.2) is 7.11 Å². The van der Waals surface area contributed by atoms with E-state index in [1.54, 1.807) is 7.11 Å². The van der Waals surface area contributed by atoms with E-state index >= 15 is 0 Å². The normalized spacial score (nSPS) is 15.3. The summed E-state index contributed by atoms with van der Waals surface area (Å²) in [6.07, 6.45) is 3.72. The van der Waals surface area contributed by atoms with Crippen molar-refractivity contribution < 1.29 is 4.74 Å². The number of halogens is 2. The molecular formula is C15H14BrClOS. The molecule has 0 saturated carbocycles. The zero-order valence-corrected chi connectivity index (χ0v) is 13.7. The van der Waals surface area contributed by atoms with Gasteiger partial charge in [0.15, 0.2) is 0 Å². The Morgan fingerprint density at radius 2 is 2.16 bits per heavy atom. The number of methoxy groups -OCH3 is 1. The molecule has 0 bridgehead atoms. The first-order valence-electron chi connectivity index (χ1n) is 6.28. The van der Waals surface area contributed by atoms with Gasteiger partial charge in [0.05, 0.1) is 17.0 Å². The molecule has 0 saturated heterocycles. The van der Waals surface area contributed by atoms with E-state index in [2.05, 4.69) is 22.0 Å². The van der Waals surface area contributed by atoms with Crippen LogP contribution in [0, 0.1) is 0 Å². The Balaban J connectivity index is 1.90. The molecule has 100 valence electrons. The van der Waals surface area contributed by atoms with E-state index in [1.165, 1.54) is 34.6 Å². The Morgan fingerprint density at radius 3 is 2.84 bits per heavy atom. The van der Waals surface area contributed by atoms with E-state index in [4.69, 9.17) is 16.3 Å². The Kier molecular flexibility index (Phi) is 3.88. The van der Waals surface area contributed by atoms with Crippen LogP contribution in [0.3, 0.4) is 0 Å². The fourth-order valence-corrected chi connectivity index (χ4v) is 4.64. The summed E-state index contributed by atoms with van der Waals surface area (Å²) in [6.45, 7) is 0. The van der Waals surface area contributed by atoms with Gasteiger partial charge < -0.3 is 4.74 Å². The highest BCUT2D eigenvalue weighted by Gasteiger charge is 2.20. The first kappa shape index (κ1) is 13.5. The van der Waals surface area contributed by atoms with Crippen LogP contribution in [0.2, 0.25) is 0 Å². The molecule has 2 aromatic rings. The van der Waals surface area contributed by atoms with Crippen LogP contribution in [0.1, 0.15) is 32.7 Å². The predicted octanol–water partition coefficient (Wildman–Crippen LogP) is 5.34. The van der Waals surface area contributed by atoms with Crippen LogP contribution in [0.4, 0.5) is 0 Å². The fraction of sp³-hybridized carbons (Fsp3) is 0.333. The molecular weight excluding hydrogens is 344 g/mol. The van der Waals surface area contributed by atoms with Crippen molar-refractivity contribution in [2.45, 2.75) is 24.6 Å². The van der Waals surface area contributed by atoms with Crippen LogP contribution in [0.25, 0.3) is 0 Å². The molecule has 1 nitrogen and oxygen atoms in total.